The molecule has 2 nitrogen and oxygen atoms in total. The molecule has 0 unspecified atom stereocenters. The van der Waals surface area contributed by atoms with Crippen LogP contribution < -0.4 is 0 Å². The quantitative estimate of drug-likeness (QED) is 0.517. The number of hydrogen-bond acceptors (Lipinski definition) is 2. The number of rotatable bonds is 0. The second-order valence-corrected chi connectivity index (χ2v) is 4.03. The molecule has 0 saturated carbocycles. The molecule has 0 atom stereocenters. The van der Waals surface area contributed by atoms with Crippen LogP contribution in [0.1, 0.15) is 33.6 Å². The number of likely N-dealkylation sites (tertiary alicyclic amines) is 1. The van der Waals surface area contributed by atoms with Gasteiger partial charge in [-0.15, -0.1) is 0 Å². The van der Waals surface area contributed by atoms with Gasteiger partial charge < -0.3 is 4.90 Å². The van der Waals surface area contributed by atoms with Gasteiger partial charge >= 0.3 is 0 Å². The third-order valence-corrected chi connectivity index (χ3v) is 2.51. The maximum atomic E-state index is 11.1. The third kappa shape index (κ3) is 1.43. The van der Waals surface area contributed by atoms with Crippen LogP contribution in [0.2, 0.25) is 0 Å². The molecule has 3 heteroatoms. The first kappa shape index (κ1) is 8.65. The molecule has 0 spiro atoms. The number of thiocarbonyl (C=S) groups is 1. The standard InChI is InChI=1S/C8H13NOS/c1-6(10)9-7(11)4-5-8(9,2)3/h4-5H2,1-3H3. The highest BCUT2D eigenvalue weighted by Gasteiger charge is 2.37. The minimum absolute atomic E-state index is 0.0527. The molecule has 1 aliphatic rings. The van der Waals surface area contributed by atoms with Crippen molar-refractivity contribution in [2.24, 2.45) is 0 Å². The maximum absolute atomic E-state index is 11.1. The fraction of sp³-hybridized carbons (Fsp3) is 0.750. The Morgan fingerprint density at radius 2 is 2.18 bits per heavy atom. The normalized spacial score (nSPS) is 22.5. The zero-order valence-electron chi connectivity index (χ0n) is 7.18. The number of carbonyl (C=O) groups excluding carboxylic acids is 1. The fourth-order valence-electron chi connectivity index (χ4n) is 1.58. The van der Waals surface area contributed by atoms with Crippen molar-refractivity contribution in [3.8, 4) is 0 Å². The van der Waals surface area contributed by atoms with Crippen LogP contribution in [0.25, 0.3) is 0 Å². The highest BCUT2D eigenvalue weighted by atomic mass is 32.1. The molecule has 0 aromatic rings. The van der Waals surface area contributed by atoms with E-state index in [1.165, 1.54) is 0 Å². The van der Waals surface area contributed by atoms with Crippen molar-refractivity contribution in [3.05, 3.63) is 0 Å². The smallest absolute Gasteiger partial charge is 0.224 e. The van der Waals surface area contributed by atoms with E-state index in [-0.39, 0.29) is 11.4 Å². The van der Waals surface area contributed by atoms with Crippen LogP contribution in [-0.4, -0.2) is 21.3 Å². The first-order valence-corrected chi connectivity index (χ1v) is 4.19. The molecule has 1 aliphatic heterocycles. The van der Waals surface area contributed by atoms with E-state index in [0.717, 1.165) is 17.8 Å². The summed E-state index contributed by atoms with van der Waals surface area (Å²) in [6.45, 7) is 5.67. The molecular formula is C8H13NOS. The van der Waals surface area contributed by atoms with Gasteiger partial charge in [-0.2, -0.15) is 0 Å². The predicted molar refractivity (Wildman–Crippen MR) is 48.4 cm³/mol. The van der Waals surface area contributed by atoms with Crippen molar-refractivity contribution >= 4 is 23.1 Å². The largest absolute Gasteiger partial charge is 0.301 e. The van der Waals surface area contributed by atoms with Crippen molar-refractivity contribution in [1.29, 1.82) is 0 Å². The lowest BCUT2D eigenvalue weighted by Crippen LogP contribution is -2.43. The average molecular weight is 171 g/mol. The van der Waals surface area contributed by atoms with Crippen molar-refractivity contribution in [3.63, 3.8) is 0 Å². The van der Waals surface area contributed by atoms with Crippen molar-refractivity contribution < 1.29 is 4.79 Å². The molecule has 0 bridgehead atoms. The zero-order valence-corrected chi connectivity index (χ0v) is 7.99. The van der Waals surface area contributed by atoms with Crippen LogP contribution >= 0.6 is 12.2 Å². The van der Waals surface area contributed by atoms with Gasteiger partial charge in [0.05, 0.1) is 4.99 Å². The monoisotopic (exact) mass is 171 g/mol. The first-order valence-electron chi connectivity index (χ1n) is 3.79. The minimum atomic E-state index is -0.0527. The van der Waals surface area contributed by atoms with Crippen molar-refractivity contribution in [2.45, 2.75) is 39.2 Å². The van der Waals surface area contributed by atoms with E-state index in [0.29, 0.717) is 0 Å². The Labute approximate surface area is 72.6 Å². The minimum Gasteiger partial charge on any atom is -0.301 e. The van der Waals surface area contributed by atoms with Crippen molar-refractivity contribution in [1.82, 2.24) is 4.90 Å². The van der Waals surface area contributed by atoms with E-state index in [4.69, 9.17) is 12.2 Å². The molecule has 62 valence electrons. The zero-order chi connectivity index (χ0) is 8.65. The summed E-state index contributed by atoms with van der Waals surface area (Å²) in [5.41, 5.74) is -0.0527. The van der Waals surface area contributed by atoms with Crippen LogP contribution in [0.3, 0.4) is 0 Å². The number of amides is 1. The fourth-order valence-corrected chi connectivity index (χ4v) is 2.05. The van der Waals surface area contributed by atoms with Gasteiger partial charge in [-0.1, -0.05) is 12.2 Å². The molecule has 1 fully saturated rings. The second-order valence-electron chi connectivity index (χ2n) is 3.56. The first-order chi connectivity index (χ1) is 4.95. The van der Waals surface area contributed by atoms with E-state index in [1.807, 2.05) is 13.8 Å². The Morgan fingerprint density at radius 3 is 2.36 bits per heavy atom. The van der Waals surface area contributed by atoms with Crippen LogP contribution in [0.15, 0.2) is 0 Å². The summed E-state index contributed by atoms with van der Waals surface area (Å²) in [5.74, 6) is 0.0671. The highest BCUT2D eigenvalue weighted by molar-refractivity contribution is 7.80. The summed E-state index contributed by atoms with van der Waals surface area (Å²) in [7, 11) is 0. The van der Waals surface area contributed by atoms with E-state index in [9.17, 15) is 4.79 Å². The molecule has 1 amide bonds. The summed E-state index contributed by atoms with van der Waals surface area (Å²) < 4.78 is 0. The molecule has 0 radical (unpaired) electrons. The third-order valence-electron chi connectivity index (χ3n) is 2.12. The van der Waals surface area contributed by atoms with Crippen LogP contribution in [0, 0.1) is 0 Å². The molecule has 1 rings (SSSR count). The SMILES string of the molecule is CC(=O)N1C(=S)CCC1(C)C. The van der Waals surface area contributed by atoms with Gasteiger partial charge in [0.1, 0.15) is 0 Å². The van der Waals surface area contributed by atoms with Gasteiger partial charge in [0.15, 0.2) is 0 Å². The summed E-state index contributed by atoms with van der Waals surface area (Å²) in [6.07, 6.45) is 1.87. The average Bonchev–Trinajstić information content (AvgIpc) is 2.06. The Morgan fingerprint density at radius 1 is 1.64 bits per heavy atom. The van der Waals surface area contributed by atoms with Gasteiger partial charge in [0, 0.05) is 18.9 Å². The summed E-state index contributed by atoms with van der Waals surface area (Å²) >= 11 is 5.07. The van der Waals surface area contributed by atoms with Gasteiger partial charge in [-0.25, -0.2) is 0 Å². The molecule has 11 heavy (non-hydrogen) atoms. The van der Waals surface area contributed by atoms with Crippen molar-refractivity contribution in [2.75, 3.05) is 0 Å². The number of hydrogen-bond donors (Lipinski definition) is 0. The molecule has 0 aromatic carbocycles. The van der Waals surface area contributed by atoms with Crippen LogP contribution in [0.4, 0.5) is 0 Å². The number of nitrogens with zero attached hydrogens (tertiary/aromatic N) is 1. The topological polar surface area (TPSA) is 20.3 Å². The molecule has 1 saturated heterocycles. The summed E-state index contributed by atoms with van der Waals surface area (Å²) in [6, 6.07) is 0. The Hall–Kier alpha value is -0.440. The molecule has 0 aromatic heterocycles. The molecule has 0 aliphatic carbocycles. The van der Waals surface area contributed by atoms with E-state index in [1.54, 1.807) is 11.8 Å². The van der Waals surface area contributed by atoms with E-state index in [2.05, 4.69) is 0 Å². The Balaban J connectivity index is 2.89. The summed E-state index contributed by atoms with van der Waals surface area (Å²) in [5, 5.41) is 0. The second kappa shape index (κ2) is 2.55. The molecule has 1 heterocycles. The lowest BCUT2D eigenvalue weighted by Gasteiger charge is -2.29. The lowest BCUT2D eigenvalue weighted by molar-refractivity contribution is -0.127. The van der Waals surface area contributed by atoms with E-state index >= 15 is 0 Å². The van der Waals surface area contributed by atoms with Gasteiger partial charge in [0.2, 0.25) is 5.91 Å². The van der Waals surface area contributed by atoms with Crippen LogP contribution in [-0.2, 0) is 4.79 Å². The Kier molecular flexibility index (Phi) is 2.01. The molecular weight excluding hydrogens is 158 g/mol. The predicted octanol–water partition coefficient (Wildman–Crippen LogP) is 1.73. The maximum Gasteiger partial charge on any atom is 0.224 e. The van der Waals surface area contributed by atoms with Gasteiger partial charge in [0.25, 0.3) is 0 Å². The molecule has 0 N–H and O–H groups in total. The Bertz CT molecular complexity index is 210. The van der Waals surface area contributed by atoms with Gasteiger partial charge in [-0.3, -0.25) is 4.79 Å². The summed E-state index contributed by atoms with van der Waals surface area (Å²) in [4.78, 5) is 13.6. The number of carbonyl (C=O) groups is 1. The lowest BCUT2D eigenvalue weighted by atomic mass is 10.0. The van der Waals surface area contributed by atoms with Gasteiger partial charge in [-0.05, 0) is 20.3 Å². The van der Waals surface area contributed by atoms with Crippen LogP contribution in [0.5, 0.6) is 0 Å². The van der Waals surface area contributed by atoms with E-state index < -0.39 is 0 Å². The highest BCUT2D eigenvalue weighted by Crippen LogP contribution is 2.29.